The van der Waals surface area contributed by atoms with Gasteiger partial charge in [0, 0.05) is 58.7 Å². The van der Waals surface area contributed by atoms with Gasteiger partial charge in [0.15, 0.2) is 0 Å². The number of hydrogen-bond donors (Lipinski definition) is 8. The number of carbonyl (C=O) groups excluding carboxylic acids is 9. The third kappa shape index (κ3) is 23.2. The van der Waals surface area contributed by atoms with Gasteiger partial charge in [-0.25, -0.2) is 14.4 Å². The van der Waals surface area contributed by atoms with Crippen LogP contribution in [0.3, 0.4) is 0 Å². The highest BCUT2D eigenvalue weighted by atomic mass is 16.5. The molecule has 3 aromatic carbocycles. The summed E-state index contributed by atoms with van der Waals surface area (Å²) in [5, 5.41) is 16.8. The molecule has 4 rings (SSSR count). The van der Waals surface area contributed by atoms with Crippen LogP contribution in [0.2, 0.25) is 0 Å². The number of ether oxygens (including phenoxy) is 4. The zero-order valence-corrected chi connectivity index (χ0v) is 55.9. The molecule has 0 aromatic heterocycles. The molecule has 0 saturated carbocycles. The van der Waals surface area contributed by atoms with Gasteiger partial charge in [-0.15, -0.1) is 0 Å². The second kappa shape index (κ2) is 37.6. The molecule has 0 bridgehead atoms. The lowest BCUT2D eigenvalue weighted by atomic mass is 9.89. The number of unbranched alkanes of at least 4 members (excludes halogenated alkanes) is 1. The lowest BCUT2D eigenvalue weighted by molar-refractivity contribution is -0.149. The number of likely N-dealkylation sites (tertiary alicyclic amines) is 1. The van der Waals surface area contributed by atoms with E-state index in [2.05, 4.69) is 31.9 Å². The van der Waals surface area contributed by atoms with Gasteiger partial charge in [0.2, 0.25) is 35.4 Å². The minimum atomic E-state index is -0.942. The molecule has 0 radical (unpaired) electrons. The number of primary amides is 1. The van der Waals surface area contributed by atoms with Gasteiger partial charge in [0.1, 0.15) is 24.7 Å². The van der Waals surface area contributed by atoms with E-state index in [-0.39, 0.29) is 67.3 Å². The smallest absolute Gasteiger partial charge is 0.411 e. The number of nitrogens with one attached hydrogen (secondary N) is 6. The zero-order chi connectivity index (χ0) is 67.6. The van der Waals surface area contributed by atoms with Gasteiger partial charge in [-0.2, -0.15) is 0 Å². The first-order chi connectivity index (χ1) is 43.1. The number of anilines is 2. The Bertz CT molecular complexity index is 2840. The molecule has 0 spiro atoms. The fourth-order valence-electron chi connectivity index (χ4n) is 11.7. The summed E-state index contributed by atoms with van der Waals surface area (Å²) < 4.78 is 22.7. The van der Waals surface area contributed by atoms with Crippen LogP contribution >= 0.6 is 0 Å². The molecule has 3 aromatic rings. The van der Waals surface area contributed by atoms with E-state index in [0.717, 1.165) is 11.1 Å². The summed E-state index contributed by atoms with van der Waals surface area (Å²) in [4.78, 5) is 126. The van der Waals surface area contributed by atoms with E-state index < -0.39 is 96.2 Å². The maximum Gasteiger partial charge on any atom is 0.411 e. The quantitative estimate of drug-likeness (QED) is 0.0241. The van der Waals surface area contributed by atoms with E-state index in [1.807, 2.05) is 104 Å². The van der Waals surface area contributed by atoms with Crippen molar-refractivity contribution in [3.8, 4) is 0 Å². The van der Waals surface area contributed by atoms with Crippen LogP contribution < -0.4 is 43.4 Å². The topological polar surface area (TPSA) is 324 Å². The van der Waals surface area contributed by atoms with Gasteiger partial charge in [-0.05, 0) is 104 Å². The van der Waals surface area contributed by atoms with Crippen molar-refractivity contribution in [2.45, 2.75) is 181 Å². The monoisotopic (exact) mass is 1270 g/mol. The summed E-state index contributed by atoms with van der Waals surface area (Å²) in [6, 6.07) is 17.2. The van der Waals surface area contributed by atoms with Crippen molar-refractivity contribution in [2.24, 2.45) is 41.1 Å². The second-order valence-corrected chi connectivity index (χ2v) is 24.9. The van der Waals surface area contributed by atoms with Gasteiger partial charge in [0.05, 0.1) is 55.8 Å². The molecule has 1 aliphatic heterocycles. The Morgan fingerprint density at radius 3 is 1.95 bits per heavy atom. The standard InChI is InChI=1S/C67H103N11O13/c1-15-43(8)58(53(88-12)37-54(79)78-34-22-28-52(78)59(89-13)44(9)60(80)74-51(65(85)90-14)36-45-23-17-16-18-24-45)77(11)64(84)56(41(4)5)75-63(83)57(42(6)7)76(10)38-47-25-21-26-49(35-47)72-67(87)91-39-46-29-31-48(32-30-46)71-61(81)50(27-19-20-33-70-66(69)86)73-62(82)55(68)40(2)3/h16-18,21,23-26,29-32,35,40-44,50-53,55-59H,15,19-20,22,27-28,33-34,36-39,68H2,1-14H3,(H,71,81)(H,72,87)(H,73,82)(H,74,80)(H,75,83)(H3,69,70,86). The fourth-order valence-corrected chi connectivity index (χ4v) is 11.7. The SMILES string of the molecule is CCC(C)C(C(CC(=O)N1CCCC1C(OC)C(C)C(=O)NC(Cc1ccccc1)C(=O)OC)OC)N(C)C(=O)C(NC(=O)C(C(C)C)N(C)Cc1cccc(NC(=O)OCc2ccc(NC(=O)C(CCCCNC(N)=O)NC(=O)C(N)C(C)C)cc2)c1)C(C)C. The third-order valence-electron chi connectivity index (χ3n) is 17.0. The number of esters is 1. The maximum absolute atomic E-state index is 14.9. The number of benzene rings is 3. The van der Waals surface area contributed by atoms with Gasteiger partial charge in [-0.3, -0.25) is 39.0 Å². The van der Waals surface area contributed by atoms with Crippen molar-refractivity contribution in [1.29, 1.82) is 0 Å². The van der Waals surface area contributed by atoms with Crippen LogP contribution in [0.15, 0.2) is 78.9 Å². The van der Waals surface area contributed by atoms with Crippen LogP contribution in [0.25, 0.3) is 0 Å². The molecular formula is C67H103N11O13. The normalized spacial score (nSPS) is 16.5. The molecule has 1 heterocycles. The second-order valence-electron chi connectivity index (χ2n) is 24.9. The predicted octanol–water partition coefficient (Wildman–Crippen LogP) is 6.10. The Morgan fingerprint density at radius 2 is 1.35 bits per heavy atom. The number of rotatable bonds is 36. The van der Waals surface area contributed by atoms with Gasteiger partial charge >= 0.3 is 18.1 Å². The number of likely N-dealkylation sites (N-methyl/N-ethyl adjacent to an activating group) is 2. The molecule has 1 saturated heterocycles. The molecule has 504 valence electrons. The average molecular weight is 1270 g/mol. The van der Waals surface area contributed by atoms with Gasteiger partial charge < -0.3 is 66.8 Å². The molecular weight excluding hydrogens is 1170 g/mol. The lowest BCUT2D eigenvalue weighted by Crippen LogP contribution is -2.60. The van der Waals surface area contributed by atoms with Crippen molar-refractivity contribution < 1.29 is 62.1 Å². The first-order valence-corrected chi connectivity index (χ1v) is 31.7. The number of nitrogens with two attached hydrogens (primary N) is 2. The van der Waals surface area contributed by atoms with Crippen LogP contribution in [0.1, 0.15) is 124 Å². The molecule has 11 atom stereocenters. The van der Waals surface area contributed by atoms with E-state index in [9.17, 15) is 43.2 Å². The molecule has 24 nitrogen and oxygen atoms in total. The Hall–Kier alpha value is -7.67. The van der Waals surface area contributed by atoms with Crippen LogP contribution in [0.4, 0.5) is 21.0 Å². The summed E-state index contributed by atoms with van der Waals surface area (Å²) in [5.41, 5.74) is 14.4. The molecule has 1 fully saturated rings. The molecule has 9 amide bonds. The van der Waals surface area contributed by atoms with E-state index >= 15 is 0 Å². The van der Waals surface area contributed by atoms with Crippen LogP contribution in [-0.4, -0.2) is 171 Å². The Balaban J connectivity index is 1.38. The molecule has 10 N–H and O–H groups in total. The largest absolute Gasteiger partial charge is 0.467 e. The fraction of sp³-hybridized carbons (Fsp3) is 0.597. The molecule has 1 aliphatic rings. The highest BCUT2D eigenvalue weighted by Gasteiger charge is 2.44. The molecule has 91 heavy (non-hydrogen) atoms. The first kappa shape index (κ1) is 75.8. The van der Waals surface area contributed by atoms with Gasteiger partial charge in [-0.1, -0.05) is 123 Å². The summed E-state index contributed by atoms with van der Waals surface area (Å²) in [7, 11) is 7.82. The van der Waals surface area contributed by atoms with Crippen molar-refractivity contribution in [3.63, 3.8) is 0 Å². The molecule has 0 aliphatic carbocycles. The molecule has 11 unspecified atom stereocenters. The zero-order valence-electron chi connectivity index (χ0n) is 55.9. The van der Waals surface area contributed by atoms with E-state index in [0.29, 0.717) is 68.7 Å². The van der Waals surface area contributed by atoms with E-state index in [4.69, 9.17) is 30.4 Å². The Morgan fingerprint density at radius 1 is 0.692 bits per heavy atom. The van der Waals surface area contributed by atoms with Crippen LogP contribution in [0.5, 0.6) is 0 Å². The van der Waals surface area contributed by atoms with Crippen molar-refractivity contribution in [3.05, 3.63) is 95.6 Å². The highest BCUT2D eigenvalue weighted by Crippen LogP contribution is 2.30. The summed E-state index contributed by atoms with van der Waals surface area (Å²) in [6.07, 6.45) is 1.24. The minimum Gasteiger partial charge on any atom is -0.467 e. The number of carbonyl (C=O) groups is 9. The number of hydrogen-bond acceptors (Lipinski definition) is 15. The summed E-state index contributed by atoms with van der Waals surface area (Å²) >= 11 is 0. The number of methoxy groups -OCH3 is 3. The van der Waals surface area contributed by atoms with Crippen molar-refractivity contribution in [1.82, 2.24) is 36.0 Å². The van der Waals surface area contributed by atoms with Gasteiger partial charge in [0.25, 0.3) is 0 Å². The molecule has 24 heteroatoms. The number of amides is 9. The van der Waals surface area contributed by atoms with Crippen molar-refractivity contribution >= 4 is 64.9 Å². The maximum atomic E-state index is 14.9. The number of nitrogens with zero attached hydrogens (tertiary/aromatic N) is 3. The van der Waals surface area contributed by atoms with E-state index in [1.165, 1.54) is 21.3 Å². The van der Waals surface area contributed by atoms with Crippen molar-refractivity contribution in [2.75, 3.05) is 59.1 Å². The lowest BCUT2D eigenvalue weighted by Gasteiger charge is -2.41. The summed E-state index contributed by atoms with van der Waals surface area (Å²) in [5.74, 6) is -4.37. The minimum absolute atomic E-state index is 0.0706. The van der Waals surface area contributed by atoms with Crippen LogP contribution in [-0.2, 0) is 72.1 Å². The summed E-state index contributed by atoms with van der Waals surface area (Å²) in [6.45, 7) is 17.9. The number of urea groups is 1. The highest BCUT2D eigenvalue weighted by molar-refractivity contribution is 5.98. The average Bonchev–Trinajstić information content (AvgIpc) is 1.83. The van der Waals surface area contributed by atoms with Crippen LogP contribution in [0, 0.1) is 29.6 Å². The first-order valence-electron chi connectivity index (χ1n) is 31.7. The Kier molecular flexibility index (Phi) is 31.3. The third-order valence-corrected chi connectivity index (χ3v) is 17.0. The Labute approximate surface area is 538 Å². The van der Waals surface area contributed by atoms with E-state index in [1.54, 1.807) is 66.2 Å². The predicted molar refractivity (Wildman–Crippen MR) is 349 cm³/mol.